The molecule has 1 N–H and O–H groups in total. The molecule has 0 saturated carbocycles. The van der Waals surface area contributed by atoms with E-state index in [9.17, 15) is 4.79 Å². The van der Waals surface area contributed by atoms with Crippen molar-refractivity contribution in [2.75, 3.05) is 12.4 Å². The molecule has 110 valence electrons. The van der Waals surface area contributed by atoms with Crippen LogP contribution < -0.4 is 5.32 Å². The van der Waals surface area contributed by atoms with E-state index in [1.54, 1.807) is 7.11 Å². The number of methoxy groups -OCH3 is 1. The van der Waals surface area contributed by atoms with Gasteiger partial charge in [-0.15, -0.1) is 0 Å². The Hall–Kier alpha value is -2.13. The molecule has 3 heteroatoms. The van der Waals surface area contributed by atoms with Crippen LogP contribution in [-0.2, 0) is 22.6 Å². The fraction of sp³-hybridized carbons (Fsp3) is 0.278. The van der Waals surface area contributed by atoms with Gasteiger partial charge in [0.05, 0.1) is 6.61 Å². The number of carbonyl (C=O) groups is 1. The summed E-state index contributed by atoms with van der Waals surface area (Å²) in [5, 5.41) is 2.93. The second kappa shape index (κ2) is 7.60. The Kier molecular flexibility index (Phi) is 5.52. The summed E-state index contributed by atoms with van der Waals surface area (Å²) >= 11 is 0. The average Bonchev–Trinajstić information content (AvgIpc) is 2.46. The molecule has 2 aromatic carbocycles. The number of hydrogen-bond acceptors (Lipinski definition) is 2. The Morgan fingerprint density at radius 3 is 2.62 bits per heavy atom. The van der Waals surface area contributed by atoms with E-state index in [1.807, 2.05) is 30.3 Å². The number of hydrogen-bond donors (Lipinski definition) is 1. The molecule has 0 aromatic heterocycles. The standard InChI is InChI=1S/C18H21NO2/c1-14-5-3-6-15(11-14)9-10-18(20)19-17-8-4-7-16(12-17)13-21-2/h3-8,11-12H,9-10,13H2,1-2H3,(H,19,20). The number of amides is 1. The van der Waals surface area contributed by atoms with Crippen LogP contribution in [0.4, 0.5) is 5.69 Å². The highest BCUT2D eigenvalue weighted by molar-refractivity contribution is 5.90. The first kappa shape index (κ1) is 15.3. The van der Waals surface area contributed by atoms with Crippen molar-refractivity contribution >= 4 is 11.6 Å². The Labute approximate surface area is 126 Å². The van der Waals surface area contributed by atoms with Gasteiger partial charge in [0.1, 0.15) is 0 Å². The van der Waals surface area contributed by atoms with Gasteiger partial charge in [0.2, 0.25) is 5.91 Å². The maximum absolute atomic E-state index is 12.0. The minimum absolute atomic E-state index is 0.0334. The summed E-state index contributed by atoms with van der Waals surface area (Å²) in [5.74, 6) is 0.0334. The van der Waals surface area contributed by atoms with Crippen LogP contribution in [0.15, 0.2) is 48.5 Å². The molecule has 0 aliphatic carbocycles. The summed E-state index contributed by atoms with van der Waals surface area (Å²) in [6.07, 6.45) is 1.24. The highest BCUT2D eigenvalue weighted by atomic mass is 16.5. The number of nitrogens with one attached hydrogen (secondary N) is 1. The first-order chi connectivity index (χ1) is 10.2. The lowest BCUT2D eigenvalue weighted by Crippen LogP contribution is -2.12. The van der Waals surface area contributed by atoms with Crippen molar-refractivity contribution in [3.05, 3.63) is 65.2 Å². The van der Waals surface area contributed by atoms with Crippen LogP contribution in [0.3, 0.4) is 0 Å². The Balaban J connectivity index is 1.88. The van der Waals surface area contributed by atoms with Crippen LogP contribution in [0.2, 0.25) is 0 Å². The van der Waals surface area contributed by atoms with Gasteiger partial charge >= 0.3 is 0 Å². The molecular weight excluding hydrogens is 262 g/mol. The molecule has 0 bridgehead atoms. The fourth-order valence-corrected chi connectivity index (χ4v) is 2.25. The zero-order chi connectivity index (χ0) is 15.1. The first-order valence-electron chi connectivity index (χ1n) is 7.10. The molecule has 0 spiro atoms. The van der Waals surface area contributed by atoms with Crippen molar-refractivity contribution in [2.45, 2.75) is 26.4 Å². The van der Waals surface area contributed by atoms with E-state index < -0.39 is 0 Å². The summed E-state index contributed by atoms with van der Waals surface area (Å²) in [5.41, 5.74) is 4.28. The zero-order valence-electron chi connectivity index (χ0n) is 12.6. The van der Waals surface area contributed by atoms with Crippen LogP contribution in [0.5, 0.6) is 0 Å². The van der Waals surface area contributed by atoms with E-state index in [0.717, 1.165) is 17.7 Å². The van der Waals surface area contributed by atoms with Gasteiger partial charge in [0.25, 0.3) is 0 Å². The molecular formula is C18H21NO2. The summed E-state index contributed by atoms with van der Waals surface area (Å²) in [6, 6.07) is 16.0. The van der Waals surface area contributed by atoms with Gasteiger partial charge in [-0.25, -0.2) is 0 Å². The predicted octanol–water partition coefficient (Wildman–Crippen LogP) is 3.71. The third-order valence-electron chi connectivity index (χ3n) is 3.24. The predicted molar refractivity (Wildman–Crippen MR) is 85.3 cm³/mol. The van der Waals surface area contributed by atoms with Gasteiger partial charge in [-0.2, -0.15) is 0 Å². The van der Waals surface area contributed by atoms with E-state index in [2.05, 4.69) is 30.4 Å². The Morgan fingerprint density at radius 2 is 1.86 bits per heavy atom. The molecule has 0 aliphatic rings. The molecule has 0 heterocycles. The quantitative estimate of drug-likeness (QED) is 0.877. The van der Waals surface area contributed by atoms with E-state index in [4.69, 9.17) is 4.74 Å². The summed E-state index contributed by atoms with van der Waals surface area (Å²) in [7, 11) is 1.66. The van der Waals surface area contributed by atoms with Crippen molar-refractivity contribution in [3.63, 3.8) is 0 Å². The van der Waals surface area contributed by atoms with Crippen molar-refractivity contribution in [1.29, 1.82) is 0 Å². The average molecular weight is 283 g/mol. The Bertz CT molecular complexity index is 608. The molecule has 2 rings (SSSR count). The number of ether oxygens (including phenoxy) is 1. The van der Waals surface area contributed by atoms with Crippen LogP contribution >= 0.6 is 0 Å². The zero-order valence-corrected chi connectivity index (χ0v) is 12.6. The maximum Gasteiger partial charge on any atom is 0.224 e. The second-order valence-corrected chi connectivity index (χ2v) is 5.17. The van der Waals surface area contributed by atoms with E-state index >= 15 is 0 Å². The molecule has 3 nitrogen and oxygen atoms in total. The lowest BCUT2D eigenvalue weighted by molar-refractivity contribution is -0.116. The highest BCUT2D eigenvalue weighted by Crippen LogP contribution is 2.13. The third kappa shape index (κ3) is 5.04. The first-order valence-corrected chi connectivity index (χ1v) is 7.10. The van der Waals surface area contributed by atoms with Crippen molar-refractivity contribution < 1.29 is 9.53 Å². The monoisotopic (exact) mass is 283 g/mol. The molecule has 0 saturated heterocycles. The minimum Gasteiger partial charge on any atom is -0.380 e. The lowest BCUT2D eigenvalue weighted by Gasteiger charge is -2.07. The summed E-state index contributed by atoms with van der Waals surface area (Å²) < 4.78 is 5.09. The lowest BCUT2D eigenvalue weighted by atomic mass is 10.1. The second-order valence-electron chi connectivity index (χ2n) is 5.17. The van der Waals surface area contributed by atoms with Crippen LogP contribution in [-0.4, -0.2) is 13.0 Å². The molecule has 1 amide bonds. The third-order valence-corrected chi connectivity index (χ3v) is 3.24. The summed E-state index contributed by atoms with van der Waals surface area (Å²) in [4.78, 5) is 12.0. The van der Waals surface area contributed by atoms with Gasteiger partial charge in [-0.1, -0.05) is 42.0 Å². The van der Waals surface area contributed by atoms with Crippen molar-refractivity contribution in [1.82, 2.24) is 0 Å². The Morgan fingerprint density at radius 1 is 1.10 bits per heavy atom. The molecule has 0 radical (unpaired) electrons. The number of aryl methyl sites for hydroxylation is 2. The van der Waals surface area contributed by atoms with E-state index in [-0.39, 0.29) is 5.91 Å². The molecule has 0 fully saturated rings. The highest BCUT2D eigenvalue weighted by Gasteiger charge is 2.04. The van der Waals surface area contributed by atoms with Gasteiger partial charge in [0.15, 0.2) is 0 Å². The summed E-state index contributed by atoms with van der Waals surface area (Å²) in [6.45, 7) is 2.61. The normalized spacial score (nSPS) is 10.4. The molecule has 0 atom stereocenters. The number of anilines is 1. The van der Waals surface area contributed by atoms with Crippen LogP contribution in [0.25, 0.3) is 0 Å². The smallest absolute Gasteiger partial charge is 0.224 e. The number of benzene rings is 2. The number of carbonyl (C=O) groups excluding carboxylic acids is 1. The van der Waals surface area contributed by atoms with Crippen LogP contribution in [0.1, 0.15) is 23.1 Å². The van der Waals surface area contributed by atoms with Gasteiger partial charge in [-0.3, -0.25) is 4.79 Å². The van der Waals surface area contributed by atoms with Crippen molar-refractivity contribution in [2.24, 2.45) is 0 Å². The molecule has 21 heavy (non-hydrogen) atoms. The van der Waals surface area contributed by atoms with E-state index in [1.165, 1.54) is 11.1 Å². The largest absolute Gasteiger partial charge is 0.380 e. The minimum atomic E-state index is 0.0334. The molecule has 2 aromatic rings. The van der Waals surface area contributed by atoms with Gasteiger partial charge < -0.3 is 10.1 Å². The number of rotatable bonds is 6. The molecule has 0 aliphatic heterocycles. The van der Waals surface area contributed by atoms with Gasteiger partial charge in [0, 0.05) is 19.2 Å². The topological polar surface area (TPSA) is 38.3 Å². The fourth-order valence-electron chi connectivity index (χ4n) is 2.25. The van der Waals surface area contributed by atoms with Crippen molar-refractivity contribution in [3.8, 4) is 0 Å². The SMILES string of the molecule is COCc1cccc(NC(=O)CCc2cccc(C)c2)c1. The van der Waals surface area contributed by atoms with E-state index in [0.29, 0.717) is 13.0 Å². The van der Waals surface area contributed by atoms with Gasteiger partial charge in [-0.05, 0) is 36.6 Å². The maximum atomic E-state index is 12.0. The molecule has 0 unspecified atom stereocenters. The van der Waals surface area contributed by atoms with Crippen LogP contribution in [0, 0.1) is 6.92 Å².